The van der Waals surface area contributed by atoms with Crippen LogP contribution in [0.5, 0.6) is 0 Å². The molecule has 0 unspecified atom stereocenters. The van der Waals surface area contributed by atoms with Gasteiger partial charge in [0.1, 0.15) is 0 Å². The summed E-state index contributed by atoms with van der Waals surface area (Å²) in [5.41, 5.74) is 1.12. The van der Waals surface area contributed by atoms with Crippen molar-refractivity contribution in [1.82, 2.24) is 15.1 Å². The lowest BCUT2D eigenvalue weighted by Gasteiger charge is -2.35. The molecule has 3 heterocycles. The van der Waals surface area contributed by atoms with Gasteiger partial charge in [-0.25, -0.2) is 4.79 Å². The zero-order valence-corrected chi connectivity index (χ0v) is 14.5. The largest absolute Gasteiger partial charge is 0.334 e. The molecular formula is C16H19N3O2S2. The third kappa shape index (κ3) is 3.73. The lowest BCUT2D eigenvalue weighted by molar-refractivity contribution is 0.0668. The van der Waals surface area contributed by atoms with E-state index in [1.807, 2.05) is 46.2 Å². The molecule has 0 aliphatic carbocycles. The van der Waals surface area contributed by atoms with Crippen LogP contribution >= 0.6 is 22.7 Å². The first-order chi connectivity index (χ1) is 11.1. The molecule has 122 valence electrons. The number of thiophene rings is 2. The second-order valence-corrected chi connectivity index (χ2v) is 7.21. The first-order valence-electron chi connectivity index (χ1n) is 7.55. The van der Waals surface area contributed by atoms with Crippen LogP contribution in [0.15, 0.2) is 34.3 Å². The Morgan fingerprint density at radius 1 is 1.13 bits per heavy atom. The van der Waals surface area contributed by atoms with Gasteiger partial charge in [-0.15, -0.1) is 11.3 Å². The standard InChI is InChI=1S/C16H19N3O2S2/c1-12(13-4-10-22-11-13)17-16(21)19-7-5-18(6-8-19)15(20)14-3-2-9-23-14/h2-4,9-12H,5-8H2,1H3,(H,17,21)/t12-/m1/s1. The number of rotatable bonds is 3. The Kier molecular flexibility index (Phi) is 4.97. The molecule has 1 atom stereocenters. The molecule has 23 heavy (non-hydrogen) atoms. The quantitative estimate of drug-likeness (QED) is 0.926. The maximum atomic E-state index is 12.3. The van der Waals surface area contributed by atoms with Gasteiger partial charge in [0, 0.05) is 26.2 Å². The topological polar surface area (TPSA) is 52.7 Å². The molecule has 1 fully saturated rings. The average molecular weight is 349 g/mol. The number of carbonyl (C=O) groups is 2. The van der Waals surface area contributed by atoms with Crippen molar-refractivity contribution in [3.05, 3.63) is 44.8 Å². The summed E-state index contributed by atoms with van der Waals surface area (Å²) in [5.74, 6) is 0.0618. The number of amides is 3. The van der Waals surface area contributed by atoms with Crippen molar-refractivity contribution >= 4 is 34.6 Å². The fourth-order valence-corrected chi connectivity index (χ4v) is 3.99. The molecule has 0 radical (unpaired) electrons. The zero-order valence-electron chi connectivity index (χ0n) is 12.9. The summed E-state index contributed by atoms with van der Waals surface area (Å²) in [4.78, 5) is 29.0. The summed E-state index contributed by atoms with van der Waals surface area (Å²) >= 11 is 3.08. The lowest BCUT2D eigenvalue weighted by Crippen LogP contribution is -2.53. The summed E-state index contributed by atoms with van der Waals surface area (Å²) in [6.45, 7) is 4.28. The van der Waals surface area contributed by atoms with E-state index in [1.54, 1.807) is 16.2 Å². The van der Waals surface area contributed by atoms with Gasteiger partial charge >= 0.3 is 6.03 Å². The highest BCUT2D eigenvalue weighted by Crippen LogP contribution is 2.17. The van der Waals surface area contributed by atoms with Gasteiger partial charge in [-0.2, -0.15) is 11.3 Å². The van der Waals surface area contributed by atoms with E-state index in [1.165, 1.54) is 11.3 Å². The van der Waals surface area contributed by atoms with Crippen molar-refractivity contribution < 1.29 is 9.59 Å². The first kappa shape index (κ1) is 16.0. The van der Waals surface area contributed by atoms with Crippen molar-refractivity contribution in [3.63, 3.8) is 0 Å². The van der Waals surface area contributed by atoms with E-state index < -0.39 is 0 Å². The van der Waals surface area contributed by atoms with Crippen molar-refractivity contribution in [2.75, 3.05) is 26.2 Å². The highest BCUT2D eigenvalue weighted by atomic mass is 32.1. The lowest BCUT2D eigenvalue weighted by atomic mass is 10.2. The molecule has 1 N–H and O–H groups in total. The van der Waals surface area contributed by atoms with Crippen LogP contribution in [0.1, 0.15) is 28.2 Å². The van der Waals surface area contributed by atoms with Crippen molar-refractivity contribution in [2.45, 2.75) is 13.0 Å². The molecule has 3 amide bonds. The highest BCUT2D eigenvalue weighted by Gasteiger charge is 2.25. The molecule has 5 nitrogen and oxygen atoms in total. The Bertz CT molecular complexity index is 647. The maximum Gasteiger partial charge on any atom is 0.317 e. The monoisotopic (exact) mass is 349 g/mol. The molecule has 2 aromatic rings. The van der Waals surface area contributed by atoms with Crippen LogP contribution in [-0.4, -0.2) is 47.9 Å². The van der Waals surface area contributed by atoms with Crippen LogP contribution in [0.3, 0.4) is 0 Å². The molecule has 7 heteroatoms. The van der Waals surface area contributed by atoms with Crippen LogP contribution in [0.25, 0.3) is 0 Å². The molecule has 0 aromatic carbocycles. The van der Waals surface area contributed by atoms with Crippen molar-refractivity contribution in [2.24, 2.45) is 0 Å². The van der Waals surface area contributed by atoms with Crippen molar-refractivity contribution in [1.29, 1.82) is 0 Å². The normalized spacial score (nSPS) is 16.2. The molecule has 1 aliphatic heterocycles. The predicted octanol–water partition coefficient (Wildman–Crippen LogP) is 3.04. The molecule has 2 aromatic heterocycles. The van der Waals surface area contributed by atoms with E-state index in [4.69, 9.17) is 0 Å². The minimum Gasteiger partial charge on any atom is -0.334 e. The third-order valence-electron chi connectivity index (χ3n) is 3.97. The minimum absolute atomic E-state index is 0.000435. The minimum atomic E-state index is -0.0630. The number of piperazine rings is 1. The zero-order chi connectivity index (χ0) is 16.2. The molecule has 3 rings (SSSR count). The number of urea groups is 1. The van der Waals surface area contributed by atoms with Gasteiger partial charge in [0.05, 0.1) is 10.9 Å². The Balaban J connectivity index is 1.50. The molecule has 0 spiro atoms. The Hall–Kier alpha value is -1.86. The highest BCUT2D eigenvalue weighted by molar-refractivity contribution is 7.12. The third-order valence-corrected chi connectivity index (χ3v) is 5.53. The van der Waals surface area contributed by atoms with Gasteiger partial charge in [0.15, 0.2) is 0 Å². The van der Waals surface area contributed by atoms with Gasteiger partial charge in [0.2, 0.25) is 0 Å². The van der Waals surface area contributed by atoms with Crippen molar-refractivity contribution in [3.8, 4) is 0 Å². The predicted molar refractivity (Wildman–Crippen MR) is 93.1 cm³/mol. The number of nitrogens with one attached hydrogen (secondary N) is 1. The van der Waals surface area contributed by atoms with Crippen LogP contribution in [-0.2, 0) is 0 Å². The van der Waals surface area contributed by atoms with E-state index in [0.717, 1.165) is 10.4 Å². The summed E-state index contributed by atoms with van der Waals surface area (Å²) in [6.07, 6.45) is 0. The van der Waals surface area contributed by atoms with Crippen LogP contribution < -0.4 is 5.32 Å². The second kappa shape index (κ2) is 7.14. The van der Waals surface area contributed by atoms with Gasteiger partial charge in [-0.1, -0.05) is 6.07 Å². The number of carbonyl (C=O) groups excluding carboxylic acids is 2. The maximum absolute atomic E-state index is 12.3. The van der Waals surface area contributed by atoms with Gasteiger partial charge in [0.25, 0.3) is 5.91 Å². The Morgan fingerprint density at radius 2 is 1.87 bits per heavy atom. The van der Waals surface area contributed by atoms with E-state index in [0.29, 0.717) is 26.2 Å². The fraction of sp³-hybridized carbons (Fsp3) is 0.375. The van der Waals surface area contributed by atoms with E-state index in [9.17, 15) is 9.59 Å². The summed E-state index contributed by atoms with van der Waals surface area (Å²) in [6, 6.07) is 5.68. The smallest absolute Gasteiger partial charge is 0.317 e. The molecule has 0 bridgehead atoms. The number of hydrogen-bond acceptors (Lipinski definition) is 4. The van der Waals surface area contributed by atoms with E-state index >= 15 is 0 Å². The summed E-state index contributed by atoms with van der Waals surface area (Å²) < 4.78 is 0. The van der Waals surface area contributed by atoms with E-state index in [-0.39, 0.29) is 18.0 Å². The molecule has 1 saturated heterocycles. The van der Waals surface area contributed by atoms with Gasteiger partial charge < -0.3 is 15.1 Å². The molecule has 0 saturated carbocycles. The summed E-state index contributed by atoms with van der Waals surface area (Å²) in [5, 5.41) is 8.97. The fourth-order valence-electron chi connectivity index (χ4n) is 2.55. The van der Waals surface area contributed by atoms with Crippen LogP contribution in [0.4, 0.5) is 4.79 Å². The molecular weight excluding hydrogens is 330 g/mol. The van der Waals surface area contributed by atoms with Gasteiger partial charge in [-0.3, -0.25) is 4.79 Å². The average Bonchev–Trinajstić information content (AvgIpc) is 3.27. The first-order valence-corrected chi connectivity index (χ1v) is 9.37. The summed E-state index contributed by atoms with van der Waals surface area (Å²) in [7, 11) is 0. The van der Waals surface area contributed by atoms with Crippen LogP contribution in [0, 0.1) is 0 Å². The Labute approximate surface area is 143 Å². The number of nitrogens with zero attached hydrogens (tertiary/aromatic N) is 2. The van der Waals surface area contributed by atoms with E-state index in [2.05, 4.69) is 5.32 Å². The SMILES string of the molecule is C[C@@H](NC(=O)N1CCN(C(=O)c2cccs2)CC1)c1ccsc1. The second-order valence-electron chi connectivity index (χ2n) is 5.48. The molecule has 1 aliphatic rings. The van der Waals surface area contributed by atoms with Gasteiger partial charge in [-0.05, 0) is 40.8 Å². The van der Waals surface area contributed by atoms with Crippen LogP contribution in [0.2, 0.25) is 0 Å². The number of hydrogen-bond donors (Lipinski definition) is 1. The Morgan fingerprint density at radius 3 is 2.48 bits per heavy atom.